The van der Waals surface area contributed by atoms with Crippen molar-refractivity contribution in [1.29, 1.82) is 0 Å². The summed E-state index contributed by atoms with van der Waals surface area (Å²) in [5.41, 5.74) is 7.44. The molecule has 128 valence electrons. The number of amides is 1. The van der Waals surface area contributed by atoms with Gasteiger partial charge in [-0.25, -0.2) is 14.4 Å². The Kier molecular flexibility index (Phi) is 3.83. The number of aromatic nitrogens is 3. The molecule has 0 unspecified atom stereocenters. The van der Waals surface area contributed by atoms with E-state index in [0.717, 1.165) is 19.3 Å². The highest BCUT2D eigenvalue weighted by Crippen LogP contribution is 2.31. The summed E-state index contributed by atoms with van der Waals surface area (Å²) in [5, 5.41) is 0. The first-order chi connectivity index (χ1) is 12.1. The number of halogens is 1. The molecule has 0 bridgehead atoms. The van der Waals surface area contributed by atoms with Gasteiger partial charge in [-0.15, -0.1) is 0 Å². The second-order valence-corrected chi connectivity index (χ2v) is 6.27. The summed E-state index contributed by atoms with van der Waals surface area (Å²) in [6.07, 6.45) is 4.27. The fourth-order valence-electron chi connectivity index (χ4n) is 3.32. The lowest BCUT2D eigenvalue weighted by atomic mass is 10.0. The lowest BCUT2D eigenvalue weighted by Crippen LogP contribution is -2.39. The van der Waals surface area contributed by atoms with Gasteiger partial charge in [0, 0.05) is 12.7 Å². The molecule has 0 spiro atoms. The fraction of sp³-hybridized carbons (Fsp3) is 0.278. The van der Waals surface area contributed by atoms with E-state index in [4.69, 9.17) is 5.73 Å². The Hall–Kier alpha value is -2.96. The van der Waals surface area contributed by atoms with Crippen molar-refractivity contribution in [2.24, 2.45) is 0 Å². The zero-order valence-electron chi connectivity index (χ0n) is 13.6. The molecule has 7 heteroatoms. The van der Waals surface area contributed by atoms with Crippen LogP contribution in [0.25, 0.3) is 11.0 Å². The molecule has 0 radical (unpaired) electrons. The van der Waals surface area contributed by atoms with Gasteiger partial charge in [0.05, 0.1) is 22.6 Å². The number of piperidine rings is 1. The number of benzene rings is 1. The van der Waals surface area contributed by atoms with Crippen LogP contribution in [0.5, 0.6) is 0 Å². The number of carbonyl (C=O) groups is 1. The summed E-state index contributed by atoms with van der Waals surface area (Å²) in [4.78, 5) is 26.5. The Morgan fingerprint density at radius 3 is 2.96 bits per heavy atom. The van der Waals surface area contributed by atoms with Crippen LogP contribution in [0.3, 0.4) is 0 Å². The minimum Gasteiger partial charge on any atom is -0.384 e. The summed E-state index contributed by atoms with van der Waals surface area (Å²) in [5.74, 6) is 0.666. The molecule has 1 atom stereocenters. The number of anilines is 1. The summed E-state index contributed by atoms with van der Waals surface area (Å²) in [6, 6.07) is 7.60. The third kappa shape index (κ3) is 2.93. The average molecular weight is 339 g/mol. The van der Waals surface area contributed by atoms with Crippen molar-refractivity contribution in [3.63, 3.8) is 0 Å². The van der Waals surface area contributed by atoms with Gasteiger partial charge in [0.2, 0.25) is 0 Å². The Labute approximate surface area is 143 Å². The van der Waals surface area contributed by atoms with Gasteiger partial charge in [-0.1, -0.05) is 0 Å². The Bertz CT molecular complexity index is 921. The largest absolute Gasteiger partial charge is 0.384 e. The maximum atomic E-state index is 13.4. The Balaban J connectivity index is 1.68. The third-order valence-corrected chi connectivity index (χ3v) is 4.57. The van der Waals surface area contributed by atoms with Crippen molar-refractivity contribution < 1.29 is 9.18 Å². The van der Waals surface area contributed by atoms with Crippen LogP contribution in [-0.2, 0) is 0 Å². The maximum Gasteiger partial charge on any atom is 0.256 e. The fourth-order valence-corrected chi connectivity index (χ4v) is 3.32. The Morgan fingerprint density at radius 1 is 1.28 bits per heavy atom. The number of imidazole rings is 1. The molecule has 0 saturated carbocycles. The maximum absolute atomic E-state index is 13.4. The summed E-state index contributed by atoms with van der Waals surface area (Å²) < 4.78 is 13.4. The van der Waals surface area contributed by atoms with Crippen LogP contribution in [0, 0.1) is 5.82 Å². The molecule has 3 N–H and O–H groups in total. The van der Waals surface area contributed by atoms with E-state index in [1.165, 1.54) is 18.3 Å². The molecule has 1 aromatic carbocycles. The normalized spacial score (nSPS) is 17.8. The molecule has 3 aromatic rings. The van der Waals surface area contributed by atoms with Gasteiger partial charge >= 0.3 is 0 Å². The van der Waals surface area contributed by atoms with Crippen LogP contribution < -0.4 is 5.73 Å². The number of carbonyl (C=O) groups excluding carboxylic acids is 1. The molecule has 1 aliphatic rings. The van der Waals surface area contributed by atoms with E-state index in [2.05, 4.69) is 15.0 Å². The van der Waals surface area contributed by atoms with E-state index < -0.39 is 0 Å². The van der Waals surface area contributed by atoms with Crippen molar-refractivity contribution in [3.8, 4) is 0 Å². The van der Waals surface area contributed by atoms with Gasteiger partial charge in [-0.2, -0.15) is 0 Å². The quantitative estimate of drug-likeness (QED) is 0.751. The standard InChI is InChI=1S/C18H18FN5O/c19-12-5-6-13-14(9-12)23-17(22-13)15-3-1-2-8-24(15)18(25)11-4-7-16(20)21-10-11/h4-7,9-10,15H,1-3,8H2,(H2,20,21)(H,22,23)/t15-/m0/s1. The SMILES string of the molecule is Nc1ccc(C(=O)N2CCCC[C@H]2c2nc3ccc(F)cc3[nH]2)cn1. The van der Waals surface area contributed by atoms with E-state index in [1.807, 2.05) is 4.90 Å². The van der Waals surface area contributed by atoms with Crippen LogP contribution in [0.1, 0.15) is 41.5 Å². The van der Waals surface area contributed by atoms with Crippen molar-refractivity contribution in [2.75, 3.05) is 12.3 Å². The van der Waals surface area contributed by atoms with Crippen LogP contribution in [-0.4, -0.2) is 32.3 Å². The molecular weight excluding hydrogens is 321 g/mol. The molecule has 4 rings (SSSR count). The Morgan fingerprint density at radius 2 is 2.16 bits per heavy atom. The summed E-state index contributed by atoms with van der Waals surface area (Å²) in [6.45, 7) is 0.652. The third-order valence-electron chi connectivity index (χ3n) is 4.57. The highest BCUT2D eigenvalue weighted by atomic mass is 19.1. The number of nitrogens with two attached hydrogens (primary N) is 1. The average Bonchev–Trinajstić information content (AvgIpc) is 3.05. The molecule has 6 nitrogen and oxygen atoms in total. The van der Waals surface area contributed by atoms with Crippen LogP contribution in [0.2, 0.25) is 0 Å². The molecule has 1 amide bonds. The second-order valence-electron chi connectivity index (χ2n) is 6.27. The summed E-state index contributed by atoms with van der Waals surface area (Å²) in [7, 11) is 0. The van der Waals surface area contributed by atoms with Gasteiger partial charge in [-0.05, 0) is 49.6 Å². The van der Waals surface area contributed by atoms with Gasteiger partial charge in [0.15, 0.2) is 0 Å². The lowest BCUT2D eigenvalue weighted by molar-refractivity contribution is 0.0601. The van der Waals surface area contributed by atoms with Gasteiger partial charge in [-0.3, -0.25) is 4.79 Å². The van der Waals surface area contributed by atoms with Gasteiger partial charge in [0.25, 0.3) is 5.91 Å². The second kappa shape index (κ2) is 6.16. The predicted octanol–water partition coefficient (Wildman–Crippen LogP) is 3.05. The predicted molar refractivity (Wildman–Crippen MR) is 92.3 cm³/mol. The number of nitrogen functional groups attached to an aromatic ring is 1. The monoisotopic (exact) mass is 339 g/mol. The summed E-state index contributed by atoms with van der Waals surface area (Å²) >= 11 is 0. The first kappa shape index (κ1) is 15.6. The number of pyridine rings is 1. The lowest BCUT2D eigenvalue weighted by Gasteiger charge is -2.34. The highest BCUT2D eigenvalue weighted by molar-refractivity contribution is 5.94. The number of nitrogens with zero attached hydrogens (tertiary/aromatic N) is 3. The zero-order valence-corrected chi connectivity index (χ0v) is 13.6. The van der Waals surface area contributed by atoms with Gasteiger partial charge < -0.3 is 15.6 Å². The molecule has 3 heterocycles. The molecule has 0 aliphatic carbocycles. The van der Waals surface area contributed by atoms with Crippen molar-refractivity contribution >= 4 is 22.8 Å². The minimum absolute atomic E-state index is 0.0937. The molecule has 1 aliphatic heterocycles. The smallest absolute Gasteiger partial charge is 0.256 e. The highest BCUT2D eigenvalue weighted by Gasteiger charge is 2.31. The molecule has 1 fully saturated rings. The number of likely N-dealkylation sites (tertiary alicyclic amines) is 1. The minimum atomic E-state index is -0.313. The van der Waals surface area contributed by atoms with E-state index >= 15 is 0 Å². The topological polar surface area (TPSA) is 87.9 Å². The number of hydrogen-bond acceptors (Lipinski definition) is 4. The van der Waals surface area contributed by atoms with E-state index in [-0.39, 0.29) is 17.8 Å². The first-order valence-electron chi connectivity index (χ1n) is 8.29. The first-order valence-corrected chi connectivity index (χ1v) is 8.29. The van der Waals surface area contributed by atoms with E-state index in [1.54, 1.807) is 18.2 Å². The number of nitrogens with one attached hydrogen (secondary N) is 1. The number of hydrogen-bond donors (Lipinski definition) is 2. The van der Waals surface area contributed by atoms with Crippen molar-refractivity contribution in [3.05, 3.63) is 53.7 Å². The number of fused-ring (bicyclic) bond motifs is 1. The van der Waals surface area contributed by atoms with E-state index in [9.17, 15) is 9.18 Å². The molecular formula is C18H18FN5O. The molecule has 25 heavy (non-hydrogen) atoms. The molecule has 2 aromatic heterocycles. The van der Waals surface area contributed by atoms with Crippen molar-refractivity contribution in [1.82, 2.24) is 19.9 Å². The molecule has 1 saturated heterocycles. The van der Waals surface area contributed by atoms with Crippen LogP contribution >= 0.6 is 0 Å². The number of H-pyrrole nitrogens is 1. The van der Waals surface area contributed by atoms with Crippen molar-refractivity contribution in [2.45, 2.75) is 25.3 Å². The number of aromatic amines is 1. The zero-order chi connectivity index (χ0) is 17.4. The van der Waals surface area contributed by atoms with E-state index in [0.29, 0.717) is 34.8 Å². The van der Waals surface area contributed by atoms with Crippen LogP contribution in [0.4, 0.5) is 10.2 Å². The number of rotatable bonds is 2. The van der Waals surface area contributed by atoms with Gasteiger partial charge in [0.1, 0.15) is 17.5 Å². The van der Waals surface area contributed by atoms with Crippen LogP contribution in [0.15, 0.2) is 36.5 Å².